The molecular formula is C28H31N3O4. The molecule has 0 atom stereocenters. The van der Waals surface area contributed by atoms with E-state index in [2.05, 4.69) is 11.7 Å². The van der Waals surface area contributed by atoms with E-state index in [1.165, 1.54) is 6.42 Å². The van der Waals surface area contributed by atoms with Gasteiger partial charge in [-0.15, -0.1) is 16.4 Å². The zero-order valence-electron chi connectivity index (χ0n) is 19.9. The lowest BCUT2D eigenvalue weighted by Gasteiger charge is -2.20. The van der Waals surface area contributed by atoms with Crippen LogP contribution in [-0.4, -0.2) is 31.3 Å². The first-order valence-electron chi connectivity index (χ1n) is 12.2. The van der Waals surface area contributed by atoms with Crippen molar-refractivity contribution in [3.63, 3.8) is 0 Å². The molecule has 7 heteroatoms. The number of carbonyl (C=O) groups excluding carboxylic acids is 1. The van der Waals surface area contributed by atoms with Crippen LogP contribution in [0.2, 0.25) is 0 Å². The quantitative estimate of drug-likeness (QED) is 0.432. The minimum absolute atomic E-state index is 0.235. The summed E-state index contributed by atoms with van der Waals surface area (Å²) in [6, 6.07) is 14.3. The Balaban J connectivity index is 1.58. The van der Waals surface area contributed by atoms with Gasteiger partial charge in [0.25, 0.3) is 5.91 Å². The Morgan fingerprint density at radius 3 is 2.46 bits per heavy atom. The number of aryl methyl sites for hydroxylation is 1. The summed E-state index contributed by atoms with van der Waals surface area (Å²) in [5.41, 5.74) is 2.11. The molecule has 1 saturated carbocycles. The number of allylic oxidation sites excluding steroid dienone is 1. The van der Waals surface area contributed by atoms with Crippen molar-refractivity contribution in [2.75, 3.05) is 0 Å². The Labute approximate surface area is 204 Å². The van der Waals surface area contributed by atoms with Crippen molar-refractivity contribution in [3.8, 4) is 11.1 Å². The zero-order valence-corrected chi connectivity index (χ0v) is 19.9. The van der Waals surface area contributed by atoms with Crippen LogP contribution in [0.4, 0.5) is 0 Å². The molecule has 3 aromatic rings. The summed E-state index contributed by atoms with van der Waals surface area (Å²) >= 11 is 0. The minimum atomic E-state index is -0.978. The maximum absolute atomic E-state index is 13.2. The molecule has 7 nitrogen and oxygen atoms in total. The van der Waals surface area contributed by atoms with Crippen molar-refractivity contribution < 1.29 is 14.7 Å². The van der Waals surface area contributed by atoms with E-state index in [1.807, 2.05) is 24.3 Å². The van der Waals surface area contributed by atoms with Gasteiger partial charge in [-0.1, -0.05) is 67.8 Å². The van der Waals surface area contributed by atoms with Crippen LogP contribution in [-0.2, 0) is 13.0 Å². The van der Waals surface area contributed by atoms with Gasteiger partial charge in [-0.25, -0.2) is 9.59 Å². The molecule has 0 spiro atoms. The number of nitrogens with zero attached hydrogens (tertiary/aromatic N) is 3. The molecule has 0 unspecified atom stereocenters. The number of benzene rings is 2. The molecule has 0 bridgehead atoms. The number of carboxylic acids is 1. The van der Waals surface area contributed by atoms with Gasteiger partial charge in [-0.2, -0.15) is 0 Å². The second kappa shape index (κ2) is 11.1. The van der Waals surface area contributed by atoms with Gasteiger partial charge < -0.3 is 5.11 Å². The van der Waals surface area contributed by atoms with Crippen LogP contribution in [0, 0.1) is 5.92 Å². The van der Waals surface area contributed by atoms with Gasteiger partial charge in [0.05, 0.1) is 12.1 Å². The predicted octanol–water partition coefficient (Wildman–Crippen LogP) is 5.19. The molecule has 1 aliphatic rings. The number of aromatic carboxylic acids is 1. The van der Waals surface area contributed by atoms with Crippen LogP contribution in [0.25, 0.3) is 11.1 Å². The first-order valence-corrected chi connectivity index (χ1v) is 12.2. The molecule has 1 aromatic heterocycles. The van der Waals surface area contributed by atoms with Gasteiger partial charge in [0, 0.05) is 12.8 Å². The van der Waals surface area contributed by atoms with Crippen LogP contribution in [0.1, 0.15) is 71.5 Å². The second-order valence-corrected chi connectivity index (χ2v) is 9.17. The SMILES string of the molecule is C=CCCc1nn(C(=O)CC2CCCCC2)c(=O)n1Cc1ccc(-c2ccccc2C(=O)O)cc1. The number of hydrogen-bond donors (Lipinski definition) is 1. The lowest BCUT2D eigenvalue weighted by molar-refractivity contribution is 0.0697. The smallest absolute Gasteiger partial charge is 0.353 e. The number of carbonyl (C=O) groups is 2. The topological polar surface area (TPSA) is 94.2 Å². The molecule has 0 saturated heterocycles. The van der Waals surface area contributed by atoms with Gasteiger partial charge in [0.15, 0.2) is 0 Å². The van der Waals surface area contributed by atoms with Crippen molar-refractivity contribution in [1.82, 2.24) is 14.3 Å². The summed E-state index contributed by atoms with van der Waals surface area (Å²) in [5.74, 6) is -0.326. The number of carboxylic acid groups (broad SMARTS) is 1. The normalized spacial score (nSPS) is 14.1. The fraction of sp³-hybridized carbons (Fsp3) is 0.357. The third kappa shape index (κ3) is 5.67. The lowest BCUT2D eigenvalue weighted by Crippen LogP contribution is -2.31. The van der Waals surface area contributed by atoms with Crippen LogP contribution in [0.15, 0.2) is 66.0 Å². The van der Waals surface area contributed by atoms with Gasteiger partial charge in [-0.05, 0) is 47.9 Å². The Hall–Kier alpha value is -3.74. The van der Waals surface area contributed by atoms with E-state index >= 15 is 0 Å². The van der Waals surface area contributed by atoms with Crippen molar-refractivity contribution in [2.24, 2.45) is 5.92 Å². The van der Waals surface area contributed by atoms with Crippen LogP contribution in [0.3, 0.4) is 0 Å². The summed E-state index contributed by atoms with van der Waals surface area (Å²) in [7, 11) is 0. The van der Waals surface area contributed by atoms with Crippen LogP contribution in [0.5, 0.6) is 0 Å². The molecule has 182 valence electrons. The molecule has 0 aliphatic heterocycles. The molecular weight excluding hydrogens is 442 g/mol. The predicted molar refractivity (Wildman–Crippen MR) is 135 cm³/mol. The average molecular weight is 474 g/mol. The van der Waals surface area contributed by atoms with E-state index in [-0.39, 0.29) is 18.0 Å². The number of aromatic nitrogens is 3. The van der Waals surface area contributed by atoms with Gasteiger partial charge in [0.1, 0.15) is 5.82 Å². The van der Waals surface area contributed by atoms with E-state index in [4.69, 9.17) is 0 Å². The molecule has 1 aliphatic carbocycles. The molecule has 4 rings (SSSR count). The highest BCUT2D eigenvalue weighted by atomic mass is 16.4. The third-order valence-electron chi connectivity index (χ3n) is 6.70. The monoisotopic (exact) mass is 473 g/mol. The highest BCUT2D eigenvalue weighted by Crippen LogP contribution is 2.27. The van der Waals surface area contributed by atoms with E-state index in [0.29, 0.717) is 36.6 Å². The number of hydrogen-bond acceptors (Lipinski definition) is 4. The van der Waals surface area contributed by atoms with Crippen molar-refractivity contribution >= 4 is 11.9 Å². The Morgan fingerprint density at radius 1 is 1.06 bits per heavy atom. The van der Waals surface area contributed by atoms with Gasteiger partial charge in [-0.3, -0.25) is 9.36 Å². The van der Waals surface area contributed by atoms with E-state index in [1.54, 1.807) is 34.9 Å². The minimum Gasteiger partial charge on any atom is -0.478 e. The summed E-state index contributed by atoms with van der Waals surface area (Å²) in [4.78, 5) is 37.7. The van der Waals surface area contributed by atoms with Crippen molar-refractivity contribution in [3.05, 3.63) is 88.6 Å². The standard InChI is InChI=1S/C28H31N3O4/c1-2-3-13-25-29-31(26(32)18-20-9-5-4-6-10-20)28(35)30(25)19-21-14-16-22(17-15-21)23-11-7-8-12-24(23)27(33)34/h2,7-8,11-12,14-17,20H,1,3-6,9-10,13,18-19H2,(H,33,34). The zero-order chi connectivity index (χ0) is 24.8. The second-order valence-electron chi connectivity index (χ2n) is 9.17. The Kier molecular flexibility index (Phi) is 7.75. The molecule has 35 heavy (non-hydrogen) atoms. The fourth-order valence-electron chi connectivity index (χ4n) is 4.79. The molecule has 0 amide bonds. The van der Waals surface area contributed by atoms with E-state index < -0.39 is 11.7 Å². The van der Waals surface area contributed by atoms with Crippen LogP contribution >= 0.6 is 0 Å². The summed E-state index contributed by atoms with van der Waals surface area (Å²) < 4.78 is 2.60. The summed E-state index contributed by atoms with van der Waals surface area (Å²) in [6.07, 6.45) is 8.85. The Morgan fingerprint density at radius 2 is 1.77 bits per heavy atom. The largest absolute Gasteiger partial charge is 0.478 e. The number of rotatable bonds is 9. The van der Waals surface area contributed by atoms with Crippen molar-refractivity contribution in [2.45, 2.75) is 57.9 Å². The molecule has 2 aromatic carbocycles. The van der Waals surface area contributed by atoms with Crippen molar-refractivity contribution in [1.29, 1.82) is 0 Å². The highest BCUT2D eigenvalue weighted by molar-refractivity contribution is 5.96. The fourth-order valence-corrected chi connectivity index (χ4v) is 4.79. The van der Waals surface area contributed by atoms with E-state index in [9.17, 15) is 19.5 Å². The molecule has 1 N–H and O–H groups in total. The summed E-state index contributed by atoms with van der Waals surface area (Å²) in [5, 5.41) is 13.9. The molecule has 1 fully saturated rings. The van der Waals surface area contributed by atoms with E-state index in [0.717, 1.165) is 41.5 Å². The molecule has 1 heterocycles. The van der Waals surface area contributed by atoms with Gasteiger partial charge >= 0.3 is 11.7 Å². The summed E-state index contributed by atoms with van der Waals surface area (Å²) in [6.45, 7) is 4.04. The highest BCUT2D eigenvalue weighted by Gasteiger charge is 2.23. The first kappa shape index (κ1) is 24.4. The Bertz CT molecular complexity index is 1260. The first-order chi connectivity index (χ1) is 17.0. The van der Waals surface area contributed by atoms with Crippen LogP contribution < -0.4 is 5.69 Å². The lowest BCUT2D eigenvalue weighted by atomic mass is 9.87. The average Bonchev–Trinajstić information content (AvgIpc) is 3.18. The maximum atomic E-state index is 13.2. The maximum Gasteiger partial charge on any atom is 0.353 e. The van der Waals surface area contributed by atoms with Gasteiger partial charge in [0.2, 0.25) is 0 Å². The molecule has 0 radical (unpaired) electrons. The third-order valence-corrected chi connectivity index (χ3v) is 6.70.